The second-order valence-electron chi connectivity index (χ2n) is 5.25. The number of rotatable bonds is 9. The van der Waals surface area contributed by atoms with E-state index in [9.17, 15) is 14.7 Å². The zero-order valence-corrected chi connectivity index (χ0v) is 12.4. The molecule has 0 amide bonds. The van der Waals surface area contributed by atoms with E-state index in [1.807, 2.05) is 14.1 Å². The third-order valence-electron chi connectivity index (χ3n) is 2.57. The quantitative estimate of drug-likeness (QED) is 0.374. The van der Waals surface area contributed by atoms with E-state index in [1.165, 1.54) is 0 Å². The number of likely N-dealkylation sites (N-methyl/N-ethyl adjacent to an activating group) is 1. The molecule has 0 saturated heterocycles. The predicted molar refractivity (Wildman–Crippen MR) is 74.8 cm³/mol. The van der Waals surface area contributed by atoms with E-state index >= 15 is 0 Å². The number of hydrogen-bond acceptors (Lipinski definition) is 5. The van der Waals surface area contributed by atoms with Crippen molar-refractivity contribution >= 4 is 11.9 Å². The highest BCUT2D eigenvalue weighted by Gasteiger charge is 2.22. The minimum absolute atomic E-state index is 0.0852. The van der Waals surface area contributed by atoms with Gasteiger partial charge in [0.05, 0.1) is 14.1 Å². The Kier molecular flexibility index (Phi) is 7.79. The van der Waals surface area contributed by atoms with Gasteiger partial charge in [0.1, 0.15) is 32.4 Å². The molecule has 0 rings (SSSR count). The number of aliphatic hydroxyl groups excluding tert-OH is 1. The van der Waals surface area contributed by atoms with Crippen LogP contribution in [-0.4, -0.2) is 68.0 Å². The molecule has 114 valence electrons. The molecule has 0 spiro atoms. The molecule has 0 aromatic heterocycles. The molecule has 0 aromatic carbocycles. The number of ether oxygens (including phenoxy) is 2. The number of aliphatic hydroxyl groups is 1. The summed E-state index contributed by atoms with van der Waals surface area (Å²) in [4.78, 5) is 22.1. The Morgan fingerprint density at radius 2 is 1.95 bits per heavy atom. The molecule has 1 unspecified atom stereocenters. The molecule has 1 atom stereocenters. The van der Waals surface area contributed by atoms with Gasteiger partial charge in [-0.2, -0.15) is 0 Å². The topological polar surface area (TPSA) is 72.8 Å². The van der Waals surface area contributed by atoms with E-state index in [0.717, 1.165) is 6.08 Å². The van der Waals surface area contributed by atoms with Gasteiger partial charge in [-0.15, -0.1) is 0 Å². The first-order valence-corrected chi connectivity index (χ1v) is 6.30. The number of carbonyl (C=O) groups excluding carboxylic acids is 2. The number of carbonyl (C=O) groups is 2. The summed E-state index contributed by atoms with van der Waals surface area (Å²) in [5, 5.41) is 9.78. The zero-order valence-electron chi connectivity index (χ0n) is 12.4. The summed E-state index contributed by atoms with van der Waals surface area (Å²) < 4.78 is 10.2. The van der Waals surface area contributed by atoms with E-state index in [2.05, 4.69) is 13.2 Å². The van der Waals surface area contributed by atoms with Gasteiger partial charge in [0.15, 0.2) is 0 Å². The van der Waals surface area contributed by atoms with Crippen molar-refractivity contribution in [2.75, 3.05) is 40.4 Å². The summed E-state index contributed by atoms with van der Waals surface area (Å²) in [5.74, 6) is -0.991. The first kappa shape index (κ1) is 18.3. The van der Waals surface area contributed by atoms with Gasteiger partial charge in [-0.3, -0.25) is 0 Å². The molecule has 1 N–H and O–H groups in total. The van der Waals surface area contributed by atoms with Crippen LogP contribution in [-0.2, 0) is 19.1 Å². The molecule has 0 saturated carbocycles. The van der Waals surface area contributed by atoms with Gasteiger partial charge < -0.3 is 19.1 Å². The Bertz CT molecular complexity index is 376. The lowest BCUT2D eigenvalue weighted by Gasteiger charge is -2.31. The highest BCUT2D eigenvalue weighted by molar-refractivity contribution is 5.86. The lowest BCUT2D eigenvalue weighted by molar-refractivity contribution is -0.893. The maximum Gasteiger partial charge on any atom is 0.333 e. The van der Waals surface area contributed by atoms with Crippen molar-refractivity contribution in [2.24, 2.45) is 0 Å². The summed E-state index contributed by atoms with van der Waals surface area (Å²) >= 11 is 0. The maximum absolute atomic E-state index is 11.2. The van der Waals surface area contributed by atoms with Crippen molar-refractivity contribution in [1.82, 2.24) is 0 Å². The molecule has 0 aliphatic carbocycles. The van der Waals surface area contributed by atoms with Crippen molar-refractivity contribution in [1.29, 1.82) is 0 Å². The summed E-state index contributed by atoms with van der Waals surface area (Å²) in [6.45, 7) is 9.40. The van der Waals surface area contributed by atoms with Gasteiger partial charge in [0.2, 0.25) is 0 Å². The van der Waals surface area contributed by atoms with Gasteiger partial charge in [-0.25, -0.2) is 9.59 Å². The van der Waals surface area contributed by atoms with Crippen LogP contribution in [0.25, 0.3) is 0 Å². The van der Waals surface area contributed by atoms with E-state index in [4.69, 9.17) is 9.47 Å². The minimum Gasteiger partial charge on any atom is -0.460 e. The molecule has 6 heteroatoms. The van der Waals surface area contributed by atoms with Crippen molar-refractivity contribution in [2.45, 2.75) is 13.0 Å². The first-order valence-electron chi connectivity index (χ1n) is 6.30. The predicted octanol–water partition coefficient (Wildman–Crippen LogP) is 0.272. The number of nitrogens with zero attached hydrogens (tertiary/aromatic N) is 1. The molecule has 6 nitrogen and oxygen atoms in total. The van der Waals surface area contributed by atoms with Crippen molar-refractivity contribution in [3.63, 3.8) is 0 Å². The highest BCUT2D eigenvalue weighted by Crippen LogP contribution is 2.02. The van der Waals surface area contributed by atoms with Crippen LogP contribution in [0.5, 0.6) is 0 Å². The van der Waals surface area contributed by atoms with Crippen LogP contribution in [0.15, 0.2) is 24.8 Å². The van der Waals surface area contributed by atoms with Gasteiger partial charge >= 0.3 is 11.9 Å². The molecule has 0 radical (unpaired) electrons. The van der Waals surface area contributed by atoms with Crippen LogP contribution >= 0.6 is 0 Å². The Morgan fingerprint density at radius 3 is 2.45 bits per heavy atom. The number of quaternary nitrogens is 1. The summed E-state index contributed by atoms with van der Waals surface area (Å²) in [5.41, 5.74) is 0.353. The van der Waals surface area contributed by atoms with Crippen LogP contribution in [0, 0.1) is 0 Å². The van der Waals surface area contributed by atoms with Gasteiger partial charge in [0.25, 0.3) is 0 Å². The molecular weight excluding hydrogens is 262 g/mol. The lowest BCUT2D eigenvalue weighted by Crippen LogP contribution is -2.48. The normalized spacial score (nSPS) is 12.4. The molecule has 0 fully saturated rings. The average molecular weight is 286 g/mol. The van der Waals surface area contributed by atoms with Crippen molar-refractivity contribution in [3.05, 3.63) is 24.8 Å². The molecule has 0 bridgehead atoms. The summed E-state index contributed by atoms with van der Waals surface area (Å²) in [6.07, 6.45) is 0.259. The Labute approximate surface area is 119 Å². The van der Waals surface area contributed by atoms with Gasteiger partial charge in [-0.05, 0) is 6.92 Å². The first-order chi connectivity index (χ1) is 9.18. The fourth-order valence-corrected chi connectivity index (χ4v) is 1.46. The van der Waals surface area contributed by atoms with Gasteiger partial charge in [0, 0.05) is 11.6 Å². The standard InChI is InChI=1S/C14H24NO5/c1-6-13(17)20-10-12(16)9-15(4,5)7-8-19-14(18)11(2)3/h6,12,16H,1-2,7-10H2,3-5H3/q+1. The maximum atomic E-state index is 11.2. The van der Waals surface area contributed by atoms with E-state index < -0.39 is 18.0 Å². The third-order valence-corrected chi connectivity index (χ3v) is 2.57. The largest absolute Gasteiger partial charge is 0.460 e. The smallest absolute Gasteiger partial charge is 0.333 e. The number of esters is 2. The summed E-state index contributed by atoms with van der Waals surface area (Å²) in [7, 11) is 3.76. The second-order valence-corrected chi connectivity index (χ2v) is 5.25. The molecule has 0 aliphatic rings. The monoisotopic (exact) mass is 286 g/mol. The lowest BCUT2D eigenvalue weighted by atomic mass is 10.3. The molecule has 0 aliphatic heterocycles. The van der Waals surface area contributed by atoms with Crippen LogP contribution in [0.4, 0.5) is 0 Å². The molecule has 0 heterocycles. The highest BCUT2D eigenvalue weighted by atomic mass is 16.5. The third kappa shape index (κ3) is 8.44. The molecule has 0 aromatic rings. The van der Waals surface area contributed by atoms with Crippen LogP contribution in [0.3, 0.4) is 0 Å². The second kappa shape index (κ2) is 8.50. The zero-order chi connectivity index (χ0) is 15.8. The number of hydrogen-bond donors (Lipinski definition) is 1. The Morgan fingerprint density at radius 1 is 1.35 bits per heavy atom. The van der Waals surface area contributed by atoms with Crippen molar-refractivity contribution < 1.29 is 28.7 Å². The molecular formula is C14H24NO5+. The average Bonchev–Trinajstić information content (AvgIpc) is 2.34. The summed E-state index contributed by atoms with van der Waals surface area (Å²) in [6, 6.07) is 0. The van der Waals surface area contributed by atoms with Gasteiger partial charge in [-0.1, -0.05) is 13.2 Å². The van der Waals surface area contributed by atoms with E-state index in [-0.39, 0.29) is 13.2 Å². The molecule has 20 heavy (non-hydrogen) atoms. The van der Waals surface area contributed by atoms with E-state index in [1.54, 1.807) is 6.92 Å². The van der Waals surface area contributed by atoms with Crippen LogP contribution in [0.2, 0.25) is 0 Å². The fourth-order valence-electron chi connectivity index (χ4n) is 1.46. The van der Waals surface area contributed by atoms with Crippen molar-refractivity contribution in [3.8, 4) is 0 Å². The minimum atomic E-state index is -0.786. The van der Waals surface area contributed by atoms with Crippen LogP contribution in [0.1, 0.15) is 6.92 Å². The Balaban J connectivity index is 4.04. The Hall–Kier alpha value is -1.66. The SMILES string of the molecule is C=CC(=O)OCC(O)C[N+](C)(C)CCOC(=O)C(=C)C. The van der Waals surface area contributed by atoms with E-state index in [0.29, 0.717) is 23.1 Å². The van der Waals surface area contributed by atoms with Crippen LogP contribution < -0.4 is 0 Å². The fraction of sp³-hybridized carbons (Fsp3) is 0.571.